The molecule has 4 aromatic rings. The van der Waals surface area contributed by atoms with Crippen LogP contribution in [-0.4, -0.2) is 49.8 Å². The van der Waals surface area contributed by atoms with Crippen LogP contribution < -0.4 is 4.74 Å². The lowest BCUT2D eigenvalue weighted by atomic mass is 10.0. The fourth-order valence-corrected chi connectivity index (χ4v) is 5.38. The van der Waals surface area contributed by atoms with Crippen molar-refractivity contribution in [1.82, 2.24) is 14.5 Å². The number of para-hydroxylation sites is 1. The SMILES string of the molecule is CS(=O)c1ccc(-c2cc3c(cc2F)nc2n3[C@@H](c3ccccc3OC(F)F)CN(C(=O)OC(C)(C)C)C2)cc1. The number of imidazole rings is 1. The number of benzene rings is 3. The summed E-state index contributed by atoms with van der Waals surface area (Å²) in [5.41, 5.74) is 1.46. The third-order valence-corrected chi connectivity index (χ3v) is 7.47. The molecule has 3 aromatic carbocycles. The number of carbonyl (C=O) groups is 1. The number of rotatable bonds is 5. The third kappa shape index (κ3) is 5.56. The van der Waals surface area contributed by atoms with Gasteiger partial charge in [0.05, 0.1) is 23.6 Å². The Balaban J connectivity index is 1.67. The molecule has 210 valence electrons. The first-order chi connectivity index (χ1) is 18.9. The number of halogens is 3. The minimum Gasteiger partial charge on any atom is -0.444 e. The monoisotopic (exact) mass is 571 g/mol. The second-order valence-corrected chi connectivity index (χ2v) is 11.9. The molecular weight excluding hydrogens is 543 g/mol. The van der Waals surface area contributed by atoms with Crippen LogP contribution in [0.5, 0.6) is 5.75 Å². The highest BCUT2D eigenvalue weighted by Gasteiger charge is 2.35. The molecule has 0 saturated carbocycles. The average molecular weight is 572 g/mol. The largest absolute Gasteiger partial charge is 0.444 e. The second-order valence-electron chi connectivity index (χ2n) is 10.5. The minimum absolute atomic E-state index is 0.0353. The highest BCUT2D eigenvalue weighted by molar-refractivity contribution is 7.84. The van der Waals surface area contributed by atoms with E-state index in [4.69, 9.17) is 9.47 Å². The predicted octanol–water partition coefficient (Wildman–Crippen LogP) is 6.52. The summed E-state index contributed by atoms with van der Waals surface area (Å²) >= 11 is 0. The van der Waals surface area contributed by atoms with E-state index in [2.05, 4.69) is 4.98 Å². The lowest BCUT2D eigenvalue weighted by molar-refractivity contribution is -0.0509. The molecule has 40 heavy (non-hydrogen) atoms. The molecule has 1 unspecified atom stereocenters. The molecule has 0 N–H and O–H groups in total. The first-order valence-electron chi connectivity index (χ1n) is 12.6. The highest BCUT2D eigenvalue weighted by Crippen LogP contribution is 2.38. The molecule has 1 amide bonds. The fourth-order valence-electron chi connectivity index (χ4n) is 4.86. The molecule has 1 aliphatic rings. The molecule has 0 fully saturated rings. The summed E-state index contributed by atoms with van der Waals surface area (Å²) in [4.78, 5) is 19.8. The van der Waals surface area contributed by atoms with Crippen molar-refractivity contribution in [3.05, 3.63) is 77.9 Å². The number of aromatic nitrogens is 2. The van der Waals surface area contributed by atoms with Crippen LogP contribution in [0.25, 0.3) is 22.2 Å². The summed E-state index contributed by atoms with van der Waals surface area (Å²) in [6.45, 7) is 2.37. The van der Waals surface area contributed by atoms with Gasteiger partial charge in [0.2, 0.25) is 0 Å². The van der Waals surface area contributed by atoms with Gasteiger partial charge in [0.1, 0.15) is 23.0 Å². The molecule has 0 saturated heterocycles. The van der Waals surface area contributed by atoms with Gasteiger partial charge >= 0.3 is 12.7 Å². The smallest absolute Gasteiger partial charge is 0.410 e. The van der Waals surface area contributed by atoms with Gasteiger partial charge in [-0.15, -0.1) is 0 Å². The zero-order chi connectivity index (χ0) is 28.8. The molecule has 0 bridgehead atoms. The van der Waals surface area contributed by atoms with E-state index in [1.807, 2.05) is 4.57 Å². The lowest BCUT2D eigenvalue weighted by Crippen LogP contribution is -2.44. The number of hydrogen-bond acceptors (Lipinski definition) is 5. The van der Waals surface area contributed by atoms with Crippen molar-refractivity contribution in [2.45, 2.75) is 50.5 Å². The van der Waals surface area contributed by atoms with Crippen LogP contribution in [0.4, 0.5) is 18.0 Å². The number of carbonyl (C=O) groups excluding carboxylic acids is 1. The van der Waals surface area contributed by atoms with Gasteiger partial charge in [-0.25, -0.2) is 14.2 Å². The summed E-state index contributed by atoms with van der Waals surface area (Å²) in [6.07, 6.45) is 0.986. The highest BCUT2D eigenvalue weighted by atomic mass is 32.2. The van der Waals surface area contributed by atoms with E-state index < -0.39 is 41.0 Å². The van der Waals surface area contributed by atoms with E-state index in [0.717, 1.165) is 0 Å². The maximum atomic E-state index is 15.4. The van der Waals surface area contributed by atoms with E-state index in [9.17, 15) is 17.8 Å². The molecule has 0 radical (unpaired) electrons. The molecule has 1 aromatic heterocycles. The minimum atomic E-state index is -3.05. The standard InChI is InChI=1S/C29H28F3N3O4S/c1-29(2,3)39-28(36)34-15-24(19-7-5-6-8-25(19)38-27(31)32)35-23-13-20(17-9-11-18(12-10-17)40(4)37)21(30)14-22(23)33-26(35)16-34/h5-14,24,27H,15-16H2,1-4H3/t24-,40?/m1/s1. The van der Waals surface area contributed by atoms with Crippen LogP contribution in [0.1, 0.15) is 38.2 Å². The quantitative estimate of drug-likeness (QED) is 0.273. The van der Waals surface area contributed by atoms with E-state index in [0.29, 0.717) is 38.4 Å². The van der Waals surface area contributed by atoms with E-state index in [1.54, 1.807) is 75.6 Å². The second kappa shape index (κ2) is 10.6. The van der Waals surface area contributed by atoms with Gasteiger partial charge in [0, 0.05) is 45.7 Å². The number of ether oxygens (including phenoxy) is 2. The Labute approximate surface area is 232 Å². The Morgan fingerprint density at radius 2 is 1.80 bits per heavy atom. The maximum Gasteiger partial charge on any atom is 0.410 e. The molecule has 0 spiro atoms. The van der Waals surface area contributed by atoms with Crippen molar-refractivity contribution in [2.24, 2.45) is 0 Å². The third-order valence-electron chi connectivity index (χ3n) is 6.53. The van der Waals surface area contributed by atoms with Crippen molar-refractivity contribution >= 4 is 27.9 Å². The summed E-state index contributed by atoms with van der Waals surface area (Å²) in [6, 6.07) is 15.4. The van der Waals surface area contributed by atoms with Crippen LogP contribution in [-0.2, 0) is 22.1 Å². The van der Waals surface area contributed by atoms with Gasteiger partial charge in [-0.2, -0.15) is 8.78 Å². The molecule has 1 aliphatic heterocycles. The molecule has 0 aliphatic carbocycles. The van der Waals surface area contributed by atoms with Crippen LogP contribution in [0.2, 0.25) is 0 Å². The van der Waals surface area contributed by atoms with Gasteiger partial charge in [-0.05, 0) is 50.6 Å². The van der Waals surface area contributed by atoms with Crippen LogP contribution in [0.3, 0.4) is 0 Å². The van der Waals surface area contributed by atoms with Crippen molar-refractivity contribution in [3.8, 4) is 16.9 Å². The van der Waals surface area contributed by atoms with Gasteiger partial charge in [-0.3, -0.25) is 9.11 Å². The molecule has 2 atom stereocenters. The number of amides is 1. The first-order valence-corrected chi connectivity index (χ1v) is 14.1. The van der Waals surface area contributed by atoms with E-state index in [1.165, 1.54) is 17.0 Å². The van der Waals surface area contributed by atoms with Crippen molar-refractivity contribution in [1.29, 1.82) is 0 Å². The Bertz CT molecular complexity index is 1600. The van der Waals surface area contributed by atoms with Crippen LogP contribution in [0.15, 0.2) is 65.6 Å². The zero-order valence-corrected chi connectivity index (χ0v) is 23.2. The number of hydrogen-bond donors (Lipinski definition) is 0. The normalized spacial score (nSPS) is 16.2. The Hall–Kier alpha value is -3.86. The van der Waals surface area contributed by atoms with E-state index in [-0.39, 0.29) is 18.8 Å². The number of nitrogens with zero attached hydrogens (tertiary/aromatic N) is 3. The summed E-state index contributed by atoms with van der Waals surface area (Å²) in [7, 11) is -1.18. The Morgan fingerprint density at radius 3 is 2.45 bits per heavy atom. The maximum absolute atomic E-state index is 15.4. The molecule has 5 rings (SSSR count). The molecule has 2 heterocycles. The van der Waals surface area contributed by atoms with Crippen molar-refractivity contribution in [2.75, 3.05) is 12.8 Å². The average Bonchev–Trinajstić information content (AvgIpc) is 3.24. The Kier molecular flexibility index (Phi) is 7.34. The van der Waals surface area contributed by atoms with Gasteiger partial charge in [0.15, 0.2) is 0 Å². The first kappa shape index (κ1) is 27.7. The number of alkyl halides is 2. The number of fused-ring (bicyclic) bond motifs is 3. The van der Waals surface area contributed by atoms with Crippen molar-refractivity contribution in [3.63, 3.8) is 0 Å². The summed E-state index contributed by atoms with van der Waals surface area (Å²) in [5, 5.41) is 0. The topological polar surface area (TPSA) is 73.7 Å². The van der Waals surface area contributed by atoms with Crippen LogP contribution in [0, 0.1) is 5.82 Å². The Morgan fingerprint density at radius 1 is 1.10 bits per heavy atom. The molecule has 11 heteroatoms. The summed E-state index contributed by atoms with van der Waals surface area (Å²) < 4.78 is 66.1. The van der Waals surface area contributed by atoms with E-state index >= 15 is 4.39 Å². The van der Waals surface area contributed by atoms with Gasteiger partial charge in [0.25, 0.3) is 0 Å². The predicted molar refractivity (Wildman–Crippen MR) is 145 cm³/mol. The summed E-state index contributed by atoms with van der Waals surface area (Å²) in [5.74, 6) is -0.0978. The van der Waals surface area contributed by atoms with Crippen molar-refractivity contribution < 1.29 is 31.6 Å². The molecule has 7 nitrogen and oxygen atoms in total. The van der Waals surface area contributed by atoms with Crippen LogP contribution >= 0.6 is 0 Å². The lowest BCUT2D eigenvalue weighted by Gasteiger charge is -2.36. The zero-order valence-electron chi connectivity index (χ0n) is 22.4. The van der Waals surface area contributed by atoms with Gasteiger partial charge < -0.3 is 14.0 Å². The van der Waals surface area contributed by atoms with Gasteiger partial charge in [-0.1, -0.05) is 30.3 Å². The molecular formula is C29H28F3N3O4S. The fraction of sp³-hybridized carbons (Fsp3) is 0.310.